The van der Waals surface area contributed by atoms with Crippen molar-refractivity contribution in [2.75, 3.05) is 19.0 Å². The molecule has 7 nitrogen and oxygen atoms in total. The zero-order valence-electron chi connectivity index (χ0n) is 22.2. The van der Waals surface area contributed by atoms with Crippen LogP contribution in [-0.2, 0) is 27.9 Å². The molecule has 1 amide bonds. The van der Waals surface area contributed by atoms with Gasteiger partial charge in [0.25, 0.3) is 0 Å². The summed E-state index contributed by atoms with van der Waals surface area (Å²) in [5.41, 5.74) is 4.37. The van der Waals surface area contributed by atoms with Gasteiger partial charge in [-0.1, -0.05) is 54.6 Å². The second kappa shape index (κ2) is 10.9. The number of aromatic nitrogens is 1. The predicted molar refractivity (Wildman–Crippen MR) is 156 cm³/mol. The predicted octanol–water partition coefficient (Wildman–Crippen LogP) is 5.96. The lowest BCUT2D eigenvalue weighted by Crippen LogP contribution is -2.37. The summed E-state index contributed by atoms with van der Waals surface area (Å²) < 4.78 is 36.5. The highest BCUT2D eigenvalue weighted by Gasteiger charge is 2.30. The highest BCUT2D eigenvalue weighted by molar-refractivity contribution is 7.89. The molecule has 0 aliphatic rings. The molecule has 4 aromatic carbocycles. The van der Waals surface area contributed by atoms with Crippen molar-refractivity contribution in [3.8, 4) is 5.75 Å². The van der Waals surface area contributed by atoms with Crippen LogP contribution in [0.1, 0.15) is 18.1 Å². The topological polar surface area (TPSA) is 80.6 Å². The minimum atomic E-state index is -4.07. The van der Waals surface area contributed by atoms with E-state index in [1.54, 1.807) is 18.2 Å². The van der Waals surface area contributed by atoms with Crippen LogP contribution in [0.15, 0.2) is 95.9 Å². The first-order valence-electron chi connectivity index (χ1n) is 12.8. The van der Waals surface area contributed by atoms with Crippen LogP contribution in [-0.4, -0.2) is 36.9 Å². The average molecular weight is 542 g/mol. The molecule has 1 aromatic heterocycles. The fraction of sp³-hybridized carbons (Fsp3) is 0.194. The molecule has 0 unspecified atom stereocenters. The molecular formula is C31H31N3O4S. The first kappa shape index (κ1) is 26.5. The Morgan fingerprint density at radius 1 is 0.897 bits per heavy atom. The third kappa shape index (κ3) is 5.26. The molecule has 0 aliphatic heterocycles. The van der Waals surface area contributed by atoms with Gasteiger partial charge < -0.3 is 14.6 Å². The van der Waals surface area contributed by atoms with E-state index in [0.29, 0.717) is 5.69 Å². The number of amides is 1. The number of carbonyl (C=O) groups is 1. The van der Waals surface area contributed by atoms with Gasteiger partial charge in [0.05, 0.1) is 13.7 Å². The summed E-state index contributed by atoms with van der Waals surface area (Å²) in [4.78, 5) is 13.3. The van der Waals surface area contributed by atoms with Gasteiger partial charge >= 0.3 is 0 Å². The Hall–Kier alpha value is -4.14. The number of nitrogens with zero attached hydrogens (tertiary/aromatic N) is 2. The molecule has 0 saturated heterocycles. The van der Waals surface area contributed by atoms with Crippen LogP contribution in [0.5, 0.6) is 5.75 Å². The molecule has 39 heavy (non-hydrogen) atoms. The molecule has 5 rings (SSSR count). The van der Waals surface area contributed by atoms with Crippen LogP contribution in [0.25, 0.3) is 21.8 Å². The smallest absolute Gasteiger partial charge is 0.247 e. The lowest BCUT2D eigenvalue weighted by Gasteiger charge is -2.23. The monoisotopic (exact) mass is 541 g/mol. The van der Waals surface area contributed by atoms with Crippen LogP contribution >= 0.6 is 0 Å². The minimum Gasteiger partial charge on any atom is -0.495 e. The highest BCUT2D eigenvalue weighted by atomic mass is 32.2. The number of ether oxygens (including phenoxy) is 1. The summed E-state index contributed by atoms with van der Waals surface area (Å²) in [5, 5.41) is 5.05. The molecule has 0 radical (unpaired) electrons. The van der Waals surface area contributed by atoms with E-state index < -0.39 is 15.9 Å². The van der Waals surface area contributed by atoms with Crippen LogP contribution in [0.2, 0.25) is 0 Å². The van der Waals surface area contributed by atoms with E-state index in [-0.39, 0.29) is 23.7 Å². The van der Waals surface area contributed by atoms with Gasteiger partial charge in [-0.2, -0.15) is 4.31 Å². The second-order valence-corrected chi connectivity index (χ2v) is 11.4. The summed E-state index contributed by atoms with van der Waals surface area (Å²) in [5.74, 6) is -0.198. The Morgan fingerprint density at radius 3 is 2.36 bits per heavy atom. The second-order valence-electron chi connectivity index (χ2n) is 9.45. The van der Waals surface area contributed by atoms with Crippen LogP contribution in [0.3, 0.4) is 0 Å². The van der Waals surface area contributed by atoms with Crippen molar-refractivity contribution >= 4 is 43.4 Å². The highest BCUT2D eigenvalue weighted by Crippen LogP contribution is 2.32. The third-order valence-corrected chi connectivity index (χ3v) is 8.64. The molecular weight excluding hydrogens is 510 g/mol. The number of nitrogens with one attached hydrogen (secondary N) is 1. The number of benzene rings is 4. The first-order valence-corrected chi connectivity index (χ1v) is 14.3. The van der Waals surface area contributed by atoms with Gasteiger partial charge in [-0.15, -0.1) is 0 Å². The normalized spacial score (nSPS) is 11.8. The maximum Gasteiger partial charge on any atom is 0.247 e. The van der Waals surface area contributed by atoms with Crippen LogP contribution < -0.4 is 10.1 Å². The van der Waals surface area contributed by atoms with Gasteiger partial charge in [0, 0.05) is 40.6 Å². The maximum absolute atomic E-state index is 13.9. The van der Waals surface area contributed by atoms with E-state index in [1.807, 2.05) is 67.6 Å². The van der Waals surface area contributed by atoms with Gasteiger partial charge in [0.1, 0.15) is 10.6 Å². The minimum absolute atomic E-state index is 0.0301. The number of para-hydroxylation sites is 1. The van der Waals surface area contributed by atoms with Crippen molar-refractivity contribution in [2.24, 2.45) is 0 Å². The molecule has 0 atom stereocenters. The van der Waals surface area contributed by atoms with Crippen molar-refractivity contribution in [3.05, 3.63) is 102 Å². The zero-order valence-corrected chi connectivity index (χ0v) is 23.0. The van der Waals surface area contributed by atoms with Crippen molar-refractivity contribution < 1.29 is 17.9 Å². The first-order chi connectivity index (χ1) is 18.8. The quantitative estimate of drug-likeness (QED) is 0.250. The third-order valence-electron chi connectivity index (χ3n) is 6.83. The number of methoxy groups -OCH3 is 1. The summed E-state index contributed by atoms with van der Waals surface area (Å²) in [6.45, 7) is 4.43. The molecule has 1 heterocycles. The van der Waals surface area contributed by atoms with Crippen molar-refractivity contribution in [1.29, 1.82) is 0 Å². The van der Waals surface area contributed by atoms with E-state index in [0.717, 1.165) is 39.5 Å². The molecule has 0 aliphatic carbocycles. The van der Waals surface area contributed by atoms with Gasteiger partial charge in [-0.25, -0.2) is 8.42 Å². The van der Waals surface area contributed by atoms with E-state index in [9.17, 15) is 13.2 Å². The van der Waals surface area contributed by atoms with E-state index in [2.05, 4.69) is 28.9 Å². The number of aryl methyl sites for hydroxylation is 2. The van der Waals surface area contributed by atoms with Crippen molar-refractivity contribution in [3.63, 3.8) is 0 Å². The van der Waals surface area contributed by atoms with Crippen LogP contribution in [0.4, 0.5) is 5.69 Å². The number of fused-ring (bicyclic) bond motifs is 3. The van der Waals surface area contributed by atoms with E-state index >= 15 is 0 Å². The molecule has 0 bridgehead atoms. The summed E-state index contributed by atoms with van der Waals surface area (Å²) >= 11 is 0. The van der Waals surface area contributed by atoms with E-state index in [4.69, 9.17) is 4.74 Å². The Morgan fingerprint density at radius 2 is 1.62 bits per heavy atom. The molecule has 1 N–H and O–H groups in total. The molecule has 5 aromatic rings. The summed E-state index contributed by atoms with van der Waals surface area (Å²) in [7, 11) is -2.64. The van der Waals surface area contributed by atoms with Gasteiger partial charge in [0.2, 0.25) is 15.9 Å². The van der Waals surface area contributed by atoms with E-state index in [1.165, 1.54) is 11.4 Å². The fourth-order valence-electron chi connectivity index (χ4n) is 4.97. The Labute approximate surface area is 228 Å². The zero-order chi connectivity index (χ0) is 27.6. The number of rotatable bonds is 9. The molecule has 0 fully saturated rings. The SMILES string of the molecule is CCn1c2ccccc2c2cc(NC(=O)CN(Cc3ccccc3)S(=O)(=O)c3cc(C)ccc3OC)ccc21. The number of hydrogen-bond donors (Lipinski definition) is 1. The van der Waals surface area contributed by atoms with Crippen molar-refractivity contribution in [2.45, 2.75) is 31.8 Å². The largest absolute Gasteiger partial charge is 0.495 e. The Kier molecular flexibility index (Phi) is 7.41. The molecule has 0 saturated carbocycles. The standard InChI is InChI=1S/C31H31N3O4S/c1-4-34-27-13-9-8-12-25(27)26-19-24(15-16-28(26)34)32-31(35)21-33(20-23-10-6-5-7-11-23)39(36,37)30-18-22(2)14-17-29(30)38-3/h5-19H,4,20-21H2,1-3H3,(H,32,35). The van der Waals surface area contributed by atoms with Crippen molar-refractivity contribution in [1.82, 2.24) is 8.87 Å². The number of anilines is 1. The lowest BCUT2D eigenvalue weighted by molar-refractivity contribution is -0.116. The fourth-order valence-corrected chi connectivity index (χ4v) is 6.60. The molecule has 0 spiro atoms. The van der Waals surface area contributed by atoms with Crippen LogP contribution in [0, 0.1) is 6.92 Å². The molecule has 200 valence electrons. The van der Waals surface area contributed by atoms with Gasteiger partial charge in [-0.3, -0.25) is 4.79 Å². The van der Waals surface area contributed by atoms with Gasteiger partial charge in [0.15, 0.2) is 0 Å². The van der Waals surface area contributed by atoms with Gasteiger partial charge in [-0.05, 0) is 61.4 Å². The molecule has 8 heteroatoms. The summed E-state index contributed by atoms with van der Waals surface area (Å²) in [6.07, 6.45) is 0. The lowest BCUT2D eigenvalue weighted by atomic mass is 10.1. The Balaban J connectivity index is 1.47. The number of sulfonamides is 1. The average Bonchev–Trinajstić information content (AvgIpc) is 3.26. The number of hydrogen-bond acceptors (Lipinski definition) is 4. The Bertz CT molecular complexity index is 1760. The maximum atomic E-state index is 13.9. The number of carbonyl (C=O) groups excluding carboxylic acids is 1. The summed E-state index contributed by atoms with van der Waals surface area (Å²) in [6, 6.07) is 28.2.